The summed E-state index contributed by atoms with van der Waals surface area (Å²) in [5.74, 6) is 0.441. The number of benzene rings is 1. The Morgan fingerprint density at radius 3 is 2.74 bits per heavy atom. The zero-order valence-corrected chi connectivity index (χ0v) is 20.2. The number of nitrogens with zero attached hydrogens (tertiary/aromatic N) is 3. The lowest BCUT2D eigenvalue weighted by Gasteiger charge is -2.28. The van der Waals surface area contributed by atoms with Gasteiger partial charge < -0.3 is 24.8 Å². The summed E-state index contributed by atoms with van der Waals surface area (Å²) in [5.41, 5.74) is 3.59. The quantitative estimate of drug-likeness (QED) is 0.481. The molecule has 2 N–H and O–H groups in total. The van der Waals surface area contributed by atoms with Crippen LogP contribution in [0.1, 0.15) is 62.0 Å². The third kappa shape index (κ3) is 4.25. The van der Waals surface area contributed by atoms with Crippen molar-refractivity contribution >= 4 is 34.6 Å². The second kappa shape index (κ2) is 9.46. The Kier molecular flexibility index (Phi) is 6.24. The molecule has 1 amide bonds. The first-order valence-electron chi connectivity index (χ1n) is 11.7. The van der Waals surface area contributed by atoms with Crippen molar-refractivity contribution in [3.63, 3.8) is 0 Å². The van der Waals surface area contributed by atoms with Crippen molar-refractivity contribution < 1.29 is 9.53 Å². The number of nitrogens with one attached hydrogen (secondary N) is 2. The molecule has 2 fully saturated rings. The molecule has 2 aromatic heterocycles. The molecule has 0 radical (unpaired) electrons. The molecule has 5 rings (SSSR count). The minimum atomic E-state index is -0.158. The maximum atomic E-state index is 11.8. The number of hydrogen-bond donors (Lipinski definition) is 2. The standard InChI is InChI=1S/C26H29N5O2S/c1-17(32)28-22-15-20(10-11-23(22)33-2)31-25(18-12-14-30(16-18)19-7-3-4-8-19)24(29-26(31)34)21-9-5-6-13-27-21/h5-6,9-16,19,24-25H,3-4,7-8H2,1-2H3,(H,28,32)(H,29,34)/t24-,25-/m0/s1. The normalized spacial score (nSPS) is 20.4. The number of pyridine rings is 1. The second-order valence-corrected chi connectivity index (χ2v) is 9.28. The Morgan fingerprint density at radius 1 is 1.21 bits per heavy atom. The fraction of sp³-hybridized carbons (Fsp3) is 0.346. The molecule has 1 saturated carbocycles. The molecule has 3 aromatic rings. The lowest BCUT2D eigenvalue weighted by atomic mass is 9.98. The summed E-state index contributed by atoms with van der Waals surface area (Å²) in [6.07, 6.45) is 11.3. The van der Waals surface area contributed by atoms with Gasteiger partial charge in [0.2, 0.25) is 5.91 Å². The number of methoxy groups -OCH3 is 1. The Balaban J connectivity index is 1.57. The van der Waals surface area contributed by atoms with E-state index in [9.17, 15) is 4.79 Å². The van der Waals surface area contributed by atoms with Gasteiger partial charge in [-0.05, 0) is 67.0 Å². The van der Waals surface area contributed by atoms with Crippen LogP contribution in [0.5, 0.6) is 5.75 Å². The van der Waals surface area contributed by atoms with E-state index < -0.39 is 0 Å². The SMILES string of the molecule is COc1ccc(N2C(=S)N[C@@H](c3ccccn3)[C@@H]2c2ccn(C3CCCC3)c2)cc1NC(C)=O. The van der Waals surface area contributed by atoms with Crippen LogP contribution in [0.15, 0.2) is 61.1 Å². The topological polar surface area (TPSA) is 71.4 Å². The van der Waals surface area contributed by atoms with E-state index in [4.69, 9.17) is 17.0 Å². The van der Waals surface area contributed by atoms with Gasteiger partial charge in [-0.15, -0.1) is 0 Å². The molecule has 7 nitrogen and oxygen atoms in total. The number of amides is 1. The molecule has 8 heteroatoms. The minimum Gasteiger partial charge on any atom is -0.495 e. The van der Waals surface area contributed by atoms with Crippen LogP contribution >= 0.6 is 12.2 Å². The first-order valence-corrected chi connectivity index (χ1v) is 12.1. The molecule has 0 spiro atoms. The highest BCUT2D eigenvalue weighted by Crippen LogP contribution is 2.44. The van der Waals surface area contributed by atoms with E-state index in [1.807, 2.05) is 42.6 Å². The highest BCUT2D eigenvalue weighted by atomic mass is 32.1. The molecule has 1 aromatic carbocycles. The van der Waals surface area contributed by atoms with Gasteiger partial charge in [0.1, 0.15) is 5.75 Å². The monoisotopic (exact) mass is 475 g/mol. The van der Waals surface area contributed by atoms with Crippen LogP contribution in [0.25, 0.3) is 0 Å². The lowest BCUT2D eigenvalue weighted by molar-refractivity contribution is -0.114. The average molecular weight is 476 g/mol. The summed E-state index contributed by atoms with van der Waals surface area (Å²) in [6, 6.07) is 14.2. The molecule has 34 heavy (non-hydrogen) atoms. The molecule has 1 saturated heterocycles. The van der Waals surface area contributed by atoms with E-state index >= 15 is 0 Å². The van der Waals surface area contributed by atoms with Crippen molar-refractivity contribution in [1.29, 1.82) is 0 Å². The molecule has 176 valence electrons. The van der Waals surface area contributed by atoms with Gasteiger partial charge in [0, 0.05) is 37.2 Å². The van der Waals surface area contributed by atoms with E-state index in [2.05, 4.69) is 43.5 Å². The van der Waals surface area contributed by atoms with Crippen LogP contribution in [-0.2, 0) is 4.79 Å². The smallest absolute Gasteiger partial charge is 0.221 e. The number of thiocarbonyl (C=S) groups is 1. The number of carbonyl (C=O) groups is 1. The highest BCUT2D eigenvalue weighted by molar-refractivity contribution is 7.80. The van der Waals surface area contributed by atoms with Gasteiger partial charge in [0.05, 0.1) is 30.6 Å². The van der Waals surface area contributed by atoms with Crippen molar-refractivity contribution in [3.8, 4) is 5.75 Å². The van der Waals surface area contributed by atoms with Gasteiger partial charge in [-0.25, -0.2) is 0 Å². The number of anilines is 2. The maximum absolute atomic E-state index is 11.8. The largest absolute Gasteiger partial charge is 0.495 e. The Hall–Kier alpha value is -3.39. The van der Waals surface area contributed by atoms with Crippen LogP contribution in [0.4, 0.5) is 11.4 Å². The van der Waals surface area contributed by atoms with Crippen molar-refractivity contribution in [3.05, 3.63) is 72.3 Å². The molecular formula is C26H29N5O2S. The summed E-state index contributed by atoms with van der Waals surface area (Å²) in [7, 11) is 1.59. The summed E-state index contributed by atoms with van der Waals surface area (Å²) < 4.78 is 7.81. The van der Waals surface area contributed by atoms with Crippen molar-refractivity contribution in [1.82, 2.24) is 14.9 Å². The molecule has 0 unspecified atom stereocenters. The van der Waals surface area contributed by atoms with Crippen molar-refractivity contribution in [2.75, 3.05) is 17.3 Å². The highest BCUT2D eigenvalue weighted by Gasteiger charge is 2.41. The number of carbonyl (C=O) groups excluding carboxylic acids is 1. The first-order chi connectivity index (χ1) is 16.5. The van der Waals surface area contributed by atoms with E-state index in [1.54, 1.807) is 7.11 Å². The van der Waals surface area contributed by atoms with E-state index in [0.717, 1.165) is 11.4 Å². The Bertz CT molecular complexity index is 1190. The van der Waals surface area contributed by atoms with Gasteiger partial charge in [0.25, 0.3) is 0 Å². The van der Waals surface area contributed by atoms with E-state index in [0.29, 0.717) is 22.6 Å². The zero-order chi connectivity index (χ0) is 23.7. The molecule has 1 aliphatic carbocycles. The first kappa shape index (κ1) is 22.4. The summed E-state index contributed by atoms with van der Waals surface area (Å²) in [6.45, 7) is 1.49. The molecule has 2 aliphatic rings. The van der Waals surface area contributed by atoms with Gasteiger partial charge in [-0.1, -0.05) is 18.9 Å². The van der Waals surface area contributed by atoms with Crippen LogP contribution in [0.3, 0.4) is 0 Å². The number of aromatic nitrogens is 2. The molecule has 2 atom stereocenters. The maximum Gasteiger partial charge on any atom is 0.221 e. The number of ether oxygens (including phenoxy) is 1. The van der Waals surface area contributed by atoms with Crippen molar-refractivity contribution in [2.45, 2.75) is 50.7 Å². The van der Waals surface area contributed by atoms with Crippen molar-refractivity contribution in [2.24, 2.45) is 0 Å². The molecule has 3 heterocycles. The summed E-state index contributed by atoms with van der Waals surface area (Å²) in [5, 5.41) is 6.99. The summed E-state index contributed by atoms with van der Waals surface area (Å²) in [4.78, 5) is 18.6. The fourth-order valence-electron chi connectivity index (χ4n) is 5.14. The Morgan fingerprint density at radius 2 is 2.03 bits per heavy atom. The number of hydrogen-bond acceptors (Lipinski definition) is 4. The van der Waals surface area contributed by atoms with E-state index in [1.165, 1.54) is 38.2 Å². The summed E-state index contributed by atoms with van der Waals surface area (Å²) >= 11 is 5.84. The number of rotatable bonds is 6. The molecular weight excluding hydrogens is 446 g/mol. The Labute approximate surface area is 205 Å². The zero-order valence-electron chi connectivity index (χ0n) is 19.4. The molecule has 0 bridgehead atoms. The predicted molar refractivity (Wildman–Crippen MR) is 137 cm³/mol. The third-order valence-electron chi connectivity index (χ3n) is 6.70. The fourth-order valence-corrected chi connectivity index (χ4v) is 5.49. The van der Waals surface area contributed by atoms with Gasteiger partial charge >= 0.3 is 0 Å². The van der Waals surface area contributed by atoms with Crippen LogP contribution in [0, 0.1) is 0 Å². The van der Waals surface area contributed by atoms with E-state index in [-0.39, 0.29) is 18.0 Å². The minimum absolute atomic E-state index is 0.0939. The molecule has 1 aliphatic heterocycles. The lowest BCUT2D eigenvalue weighted by Crippen LogP contribution is -2.29. The predicted octanol–water partition coefficient (Wildman–Crippen LogP) is 5.14. The average Bonchev–Trinajstić information content (AvgIpc) is 3.59. The van der Waals surface area contributed by atoms with Gasteiger partial charge in [-0.2, -0.15) is 0 Å². The van der Waals surface area contributed by atoms with Gasteiger partial charge in [-0.3, -0.25) is 9.78 Å². The third-order valence-corrected chi connectivity index (χ3v) is 7.01. The second-order valence-electron chi connectivity index (χ2n) is 8.89. The van der Waals surface area contributed by atoms with Crippen LogP contribution < -0.4 is 20.3 Å². The van der Waals surface area contributed by atoms with Gasteiger partial charge in [0.15, 0.2) is 5.11 Å². The van der Waals surface area contributed by atoms with Crippen LogP contribution in [0.2, 0.25) is 0 Å². The van der Waals surface area contributed by atoms with Crippen LogP contribution in [-0.4, -0.2) is 27.7 Å².